The summed E-state index contributed by atoms with van der Waals surface area (Å²) in [5, 5.41) is 6.61. The van der Waals surface area contributed by atoms with Crippen molar-refractivity contribution in [1.82, 2.24) is 25.1 Å². The lowest BCUT2D eigenvalue weighted by molar-refractivity contribution is 0.0774. The van der Waals surface area contributed by atoms with Crippen molar-refractivity contribution in [3.05, 3.63) is 41.5 Å². The fourth-order valence-electron chi connectivity index (χ4n) is 1.47. The lowest BCUT2D eigenvalue weighted by atomic mass is 10.3. The van der Waals surface area contributed by atoms with Crippen LogP contribution in [0.4, 0.5) is 4.39 Å². The summed E-state index contributed by atoms with van der Waals surface area (Å²) >= 11 is 0. The summed E-state index contributed by atoms with van der Waals surface area (Å²) in [5.41, 5.74) is 0.0600. The van der Waals surface area contributed by atoms with Crippen molar-refractivity contribution in [2.24, 2.45) is 0 Å². The van der Waals surface area contributed by atoms with Crippen molar-refractivity contribution < 1.29 is 9.18 Å². The van der Waals surface area contributed by atoms with E-state index in [1.54, 1.807) is 14.0 Å². The molecule has 94 valence electrons. The number of carbonyl (C=O) groups excluding carboxylic acids is 1. The number of hydrogen-bond donors (Lipinski definition) is 1. The Bertz CT molecular complexity index is 568. The molecular formula is C11H12FN5O. The average molecular weight is 249 g/mol. The number of H-pyrrole nitrogens is 1. The van der Waals surface area contributed by atoms with Gasteiger partial charge < -0.3 is 4.90 Å². The molecule has 2 rings (SSSR count). The summed E-state index contributed by atoms with van der Waals surface area (Å²) in [6.45, 7) is 2.01. The van der Waals surface area contributed by atoms with Crippen LogP contribution in [0.3, 0.4) is 0 Å². The topological polar surface area (TPSA) is 74.8 Å². The van der Waals surface area contributed by atoms with E-state index >= 15 is 0 Å². The van der Waals surface area contributed by atoms with Crippen LogP contribution in [0, 0.1) is 12.9 Å². The van der Waals surface area contributed by atoms with Gasteiger partial charge in [0.2, 0.25) is 5.95 Å². The maximum atomic E-state index is 12.9. The van der Waals surface area contributed by atoms with Crippen LogP contribution in [0.1, 0.15) is 22.1 Å². The first-order chi connectivity index (χ1) is 8.56. The number of aromatic amines is 1. The second-order valence-electron chi connectivity index (χ2n) is 3.84. The minimum atomic E-state index is -0.678. The molecule has 0 aliphatic rings. The molecule has 0 radical (unpaired) electrons. The summed E-state index contributed by atoms with van der Waals surface area (Å²) in [4.78, 5) is 20.9. The Labute approximate surface area is 103 Å². The number of rotatable bonds is 3. The van der Waals surface area contributed by atoms with E-state index in [9.17, 15) is 9.18 Å². The Hall–Kier alpha value is -2.31. The highest BCUT2D eigenvalue weighted by molar-refractivity contribution is 5.91. The molecule has 0 aromatic carbocycles. The van der Waals surface area contributed by atoms with Crippen LogP contribution < -0.4 is 0 Å². The number of pyridine rings is 1. The number of aryl methyl sites for hydroxylation is 1. The maximum absolute atomic E-state index is 12.9. The number of amides is 1. The van der Waals surface area contributed by atoms with Gasteiger partial charge in [0, 0.05) is 7.05 Å². The zero-order chi connectivity index (χ0) is 13.1. The van der Waals surface area contributed by atoms with Gasteiger partial charge in [0.15, 0.2) is 5.82 Å². The van der Waals surface area contributed by atoms with Crippen molar-refractivity contribution in [3.8, 4) is 0 Å². The molecule has 2 heterocycles. The molecule has 0 spiro atoms. The van der Waals surface area contributed by atoms with E-state index in [2.05, 4.69) is 20.2 Å². The lowest BCUT2D eigenvalue weighted by Gasteiger charge is -2.14. The van der Waals surface area contributed by atoms with Gasteiger partial charge in [0.1, 0.15) is 11.5 Å². The zero-order valence-corrected chi connectivity index (χ0v) is 10.0. The molecule has 0 aliphatic carbocycles. The van der Waals surface area contributed by atoms with Crippen molar-refractivity contribution in [2.75, 3.05) is 7.05 Å². The molecule has 2 aromatic heterocycles. The molecule has 0 saturated heterocycles. The number of aromatic nitrogens is 4. The molecule has 6 nitrogen and oxygen atoms in total. The SMILES string of the molecule is Cc1nc(CN(C)C(=O)c2cccc(F)n2)n[nH]1. The van der Waals surface area contributed by atoms with Gasteiger partial charge in [0.05, 0.1) is 6.54 Å². The van der Waals surface area contributed by atoms with Gasteiger partial charge in [-0.2, -0.15) is 9.49 Å². The third-order valence-corrected chi connectivity index (χ3v) is 2.30. The van der Waals surface area contributed by atoms with Crippen LogP contribution in [-0.2, 0) is 6.54 Å². The standard InChI is InChI=1S/C11H12FN5O/c1-7-13-10(16-15-7)6-17(2)11(18)8-4-3-5-9(12)14-8/h3-5H,6H2,1-2H3,(H,13,15,16). The normalized spacial score (nSPS) is 10.4. The molecule has 0 atom stereocenters. The first-order valence-electron chi connectivity index (χ1n) is 5.32. The molecule has 0 unspecified atom stereocenters. The summed E-state index contributed by atoms with van der Waals surface area (Å²) in [6.07, 6.45) is 0. The molecule has 0 bridgehead atoms. The van der Waals surface area contributed by atoms with E-state index in [1.807, 2.05) is 0 Å². The van der Waals surface area contributed by atoms with Crippen LogP contribution in [0.2, 0.25) is 0 Å². The molecule has 0 saturated carbocycles. The van der Waals surface area contributed by atoms with E-state index in [0.717, 1.165) is 0 Å². The second-order valence-corrected chi connectivity index (χ2v) is 3.84. The average Bonchev–Trinajstić information content (AvgIpc) is 2.73. The van der Waals surface area contributed by atoms with Crippen molar-refractivity contribution in [1.29, 1.82) is 0 Å². The maximum Gasteiger partial charge on any atom is 0.272 e. The molecular weight excluding hydrogens is 237 g/mol. The van der Waals surface area contributed by atoms with E-state index < -0.39 is 5.95 Å². The second kappa shape index (κ2) is 4.91. The minimum absolute atomic E-state index is 0.0600. The zero-order valence-electron chi connectivity index (χ0n) is 10.0. The van der Waals surface area contributed by atoms with Crippen molar-refractivity contribution in [3.63, 3.8) is 0 Å². The summed E-state index contributed by atoms with van der Waals surface area (Å²) in [5.74, 6) is 0.120. The van der Waals surface area contributed by atoms with E-state index in [1.165, 1.54) is 23.1 Å². The monoisotopic (exact) mass is 249 g/mol. The predicted octanol–water partition coefficient (Wildman–Crippen LogP) is 0.919. The molecule has 18 heavy (non-hydrogen) atoms. The quantitative estimate of drug-likeness (QED) is 0.821. The molecule has 0 fully saturated rings. The molecule has 7 heteroatoms. The number of nitrogens with one attached hydrogen (secondary N) is 1. The van der Waals surface area contributed by atoms with Crippen LogP contribution >= 0.6 is 0 Å². The van der Waals surface area contributed by atoms with Gasteiger partial charge >= 0.3 is 0 Å². The van der Waals surface area contributed by atoms with Crippen LogP contribution in [0.15, 0.2) is 18.2 Å². The molecule has 2 aromatic rings. The molecule has 1 N–H and O–H groups in total. The van der Waals surface area contributed by atoms with Gasteiger partial charge in [-0.3, -0.25) is 9.89 Å². The third-order valence-electron chi connectivity index (χ3n) is 2.30. The van der Waals surface area contributed by atoms with E-state index in [4.69, 9.17) is 0 Å². The van der Waals surface area contributed by atoms with Crippen LogP contribution in [0.25, 0.3) is 0 Å². The summed E-state index contributed by atoms with van der Waals surface area (Å²) in [7, 11) is 1.58. The highest BCUT2D eigenvalue weighted by Crippen LogP contribution is 2.04. The van der Waals surface area contributed by atoms with Crippen molar-refractivity contribution in [2.45, 2.75) is 13.5 Å². The van der Waals surface area contributed by atoms with Gasteiger partial charge in [-0.25, -0.2) is 9.97 Å². The van der Waals surface area contributed by atoms with Gasteiger partial charge in [-0.15, -0.1) is 0 Å². The Kier molecular flexibility index (Phi) is 3.31. The highest BCUT2D eigenvalue weighted by Gasteiger charge is 2.15. The van der Waals surface area contributed by atoms with E-state index in [-0.39, 0.29) is 18.1 Å². The number of nitrogens with zero attached hydrogens (tertiary/aromatic N) is 4. The number of halogens is 1. The molecule has 1 amide bonds. The number of hydrogen-bond acceptors (Lipinski definition) is 4. The Morgan fingerprint density at radius 3 is 2.83 bits per heavy atom. The Morgan fingerprint density at radius 2 is 2.22 bits per heavy atom. The van der Waals surface area contributed by atoms with Crippen LogP contribution in [0.5, 0.6) is 0 Å². The Balaban J connectivity index is 2.09. The first kappa shape index (κ1) is 12.2. The summed E-state index contributed by atoms with van der Waals surface area (Å²) < 4.78 is 12.9. The first-order valence-corrected chi connectivity index (χ1v) is 5.32. The number of carbonyl (C=O) groups is 1. The lowest BCUT2D eigenvalue weighted by Crippen LogP contribution is -2.27. The van der Waals surface area contributed by atoms with Crippen molar-refractivity contribution >= 4 is 5.91 Å². The fraction of sp³-hybridized carbons (Fsp3) is 0.273. The van der Waals surface area contributed by atoms with E-state index in [0.29, 0.717) is 11.6 Å². The largest absolute Gasteiger partial charge is 0.333 e. The summed E-state index contributed by atoms with van der Waals surface area (Å²) in [6, 6.07) is 4.10. The smallest absolute Gasteiger partial charge is 0.272 e. The highest BCUT2D eigenvalue weighted by atomic mass is 19.1. The fourth-order valence-corrected chi connectivity index (χ4v) is 1.47. The van der Waals surface area contributed by atoms with Gasteiger partial charge in [-0.05, 0) is 19.1 Å². The molecule has 0 aliphatic heterocycles. The third kappa shape index (κ3) is 2.68. The Morgan fingerprint density at radius 1 is 1.44 bits per heavy atom. The van der Waals surface area contributed by atoms with Gasteiger partial charge in [-0.1, -0.05) is 6.07 Å². The minimum Gasteiger partial charge on any atom is -0.333 e. The van der Waals surface area contributed by atoms with Gasteiger partial charge in [0.25, 0.3) is 5.91 Å². The van der Waals surface area contributed by atoms with Crippen LogP contribution in [-0.4, -0.2) is 38.0 Å². The predicted molar refractivity (Wildman–Crippen MR) is 61.1 cm³/mol.